The van der Waals surface area contributed by atoms with Gasteiger partial charge >= 0.3 is 11.9 Å². The van der Waals surface area contributed by atoms with Crippen LogP contribution in [0.5, 0.6) is 0 Å². The van der Waals surface area contributed by atoms with E-state index >= 15 is 0 Å². The van der Waals surface area contributed by atoms with Gasteiger partial charge in [-0.25, -0.2) is 0 Å². The van der Waals surface area contributed by atoms with Gasteiger partial charge in [0.1, 0.15) is 5.78 Å². The van der Waals surface area contributed by atoms with E-state index in [9.17, 15) is 14.4 Å². The van der Waals surface area contributed by atoms with E-state index in [2.05, 4.69) is 9.47 Å². The molecule has 0 N–H and O–H groups in total. The van der Waals surface area contributed by atoms with Crippen LogP contribution < -0.4 is 0 Å². The fourth-order valence-corrected chi connectivity index (χ4v) is 2.15. The molecule has 0 aliphatic heterocycles. The number of ketones is 1. The molecule has 0 saturated heterocycles. The van der Waals surface area contributed by atoms with Crippen molar-refractivity contribution in [2.24, 2.45) is 11.3 Å². The topological polar surface area (TPSA) is 69.7 Å². The highest BCUT2D eigenvalue weighted by atomic mass is 16.5. The first-order valence-corrected chi connectivity index (χ1v) is 5.15. The number of carbonyl (C=O) groups is 3. The van der Waals surface area contributed by atoms with E-state index in [0.29, 0.717) is 12.8 Å². The van der Waals surface area contributed by atoms with Gasteiger partial charge in [0, 0.05) is 12.8 Å². The van der Waals surface area contributed by atoms with Crippen molar-refractivity contribution in [2.75, 3.05) is 14.2 Å². The van der Waals surface area contributed by atoms with Gasteiger partial charge in [0.25, 0.3) is 0 Å². The predicted octanol–water partition coefficient (Wildman–Crippen LogP) is 0.708. The van der Waals surface area contributed by atoms with Gasteiger partial charge in [-0.2, -0.15) is 0 Å². The van der Waals surface area contributed by atoms with Gasteiger partial charge in [0.05, 0.1) is 14.2 Å². The van der Waals surface area contributed by atoms with Crippen molar-refractivity contribution in [3.63, 3.8) is 0 Å². The van der Waals surface area contributed by atoms with E-state index in [0.717, 1.165) is 0 Å². The minimum absolute atomic E-state index is 0.0732. The molecule has 0 bridgehead atoms. The maximum atomic E-state index is 11.7. The van der Waals surface area contributed by atoms with Gasteiger partial charge in [-0.1, -0.05) is 0 Å². The van der Waals surface area contributed by atoms with Gasteiger partial charge in [-0.3, -0.25) is 14.4 Å². The largest absolute Gasteiger partial charge is 0.468 e. The first-order chi connectivity index (χ1) is 7.46. The van der Waals surface area contributed by atoms with E-state index in [-0.39, 0.29) is 18.1 Å². The quantitative estimate of drug-likeness (QED) is 0.525. The van der Waals surface area contributed by atoms with Gasteiger partial charge in [0.15, 0.2) is 5.41 Å². The van der Waals surface area contributed by atoms with Crippen molar-refractivity contribution in [2.45, 2.75) is 26.2 Å². The van der Waals surface area contributed by atoms with Crippen LogP contribution in [0, 0.1) is 11.3 Å². The molecule has 0 aromatic heterocycles. The molecule has 0 radical (unpaired) electrons. The standard InChI is InChI=1S/C11H16O5/c1-11(9(13)15-2,10(14)16-3)7-4-5-8(12)6-7/h7H,4-6H2,1-3H3. The third-order valence-electron chi connectivity index (χ3n) is 3.28. The monoisotopic (exact) mass is 228 g/mol. The van der Waals surface area contributed by atoms with Crippen molar-refractivity contribution in [3.05, 3.63) is 0 Å². The first kappa shape index (κ1) is 12.7. The second-order valence-electron chi connectivity index (χ2n) is 4.16. The molecular formula is C11H16O5. The highest BCUT2D eigenvalue weighted by Gasteiger charge is 2.52. The van der Waals surface area contributed by atoms with Crippen molar-refractivity contribution < 1.29 is 23.9 Å². The van der Waals surface area contributed by atoms with Crippen molar-refractivity contribution in [3.8, 4) is 0 Å². The smallest absolute Gasteiger partial charge is 0.323 e. The molecule has 0 amide bonds. The fraction of sp³-hybridized carbons (Fsp3) is 0.727. The lowest BCUT2D eigenvalue weighted by molar-refractivity contribution is -0.172. The summed E-state index contributed by atoms with van der Waals surface area (Å²) in [4.78, 5) is 34.6. The molecule has 0 aromatic rings. The van der Waals surface area contributed by atoms with E-state index in [1.54, 1.807) is 0 Å². The summed E-state index contributed by atoms with van der Waals surface area (Å²) >= 11 is 0. The molecule has 1 atom stereocenters. The normalized spacial score (nSPS) is 20.7. The second-order valence-corrected chi connectivity index (χ2v) is 4.16. The molecule has 5 nitrogen and oxygen atoms in total. The van der Waals surface area contributed by atoms with Crippen LogP contribution >= 0.6 is 0 Å². The lowest BCUT2D eigenvalue weighted by atomic mass is 9.76. The molecule has 1 aliphatic rings. The summed E-state index contributed by atoms with van der Waals surface area (Å²) in [5, 5.41) is 0. The highest BCUT2D eigenvalue weighted by Crippen LogP contribution is 2.40. The molecule has 1 saturated carbocycles. The molecule has 16 heavy (non-hydrogen) atoms. The fourth-order valence-electron chi connectivity index (χ4n) is 2.15. The zero-order valence-corrected chi connectivity index (χ0v) is 9.74. The molecule has 0 spiro atoms. The van der Waals surface area contributed by atoms with Crippen LogP contribution in [0.1, 0.15) is 26.2 Å². The number of hydrogen-bond donors (Lipinski definition) is 0. The highest BCUT2D eigenvalue weighted by molar-refractivity contribution is 6.01. The van der Waals surface area contributed by atoms with E-state index in [4.69, 9.17) is 0 Å². The van der Waals surface area contributed by atoms with Crippen molar-refractivity contribution in [1.29, 1.82) is 0 Å². The Morgan fingerprint density at radius 3 is 2.06 bits per heavy atom. The van der Waals surface area contributed by atoms with E-state index in [1.807, 2.05) is 0 Å². The molecule has 90 valence electrons. The number of rotatable bonds is 3. The van der Waals surface area contributed by atoms with Crippen LogP contribution in [0.3, 0.4) is 0 Å². The summed E-state index contributed by atoms with van der Waals surface area (Å²) in [6.45, 7) is 1.48. The summed E-state index contributed by atoms with van der Waals surface area (Å²) in [6.07, 6.45) is 1.18. The molecular weight excluding hydrogens is 212 g/mol. The van der Waals surface area contributed by atoms with Crippen LogP contribution in [0.25, 0.3) is 0 Å². The first-order valence-electron chi connectivity index (χ1n) is 5.15. The van der Waals surface area contributed by atoms with Crippen molar-refractivity contribution >= 4 is 17.7 Å². The zero-order chi connectivity index (χ0) is 12.3. The second kappa shape index (κ2) is 4.63. The number of methoxy groups -OCH3 is 2. The molecule has 1 fully saturated rings. The van der Waals surface area contributed by atoms with Gasteiger partial charge in [-0.15, -0.1) is 0 Å². The molecule has 1 unspecified atom stereocenters. The summed E-state index contributed by atoms with van der Waals surface area (Å²) < 4.78 is 9.27. The van der Waals surface area contributed by atoms with Crippen molar-refractivity contribution in [1.82, 2.24) is 0 Å². The van der Waals surface area contributed by atoms with Crippen LogP contribution in [0.2, 0.25) is 0 Å². The minimum atomic E-state index is -1.37. The average molecular weight is 228 g/mol. The summed E-state index contributed by atoms with van der Waals surface area (Å²) in [5.74, 6) is -1.53. The Morgan fingerprint density at radius 2 is 1.75 bits per heavy atom. The third kappa shape index (κ3) is 1.94. The maximum Gasteiger partial charge on any atom is 0.323 e. The Morgan fingerprint density at radius 1 is 1.25 bits per heavy atom. The van der Waals surface area contributed by atoms with E-state index < -0.39 is 17.4 Å². The number of carbonyl (C=O) groups excluding carboxylic acids is 3. The number of esters is 2. The third-order valence-corrected chi connectivity index (χ3v) is 3.28. The minimum Gasteiger partial charge on any atom is -0.468 e. The number of Topliss-reactive ketones (excluding diaryl/α,β-unsaturated/α-hetero) is 1. The Balaban J connectivity index is 2.99. The average Bonchev–Trinajstić information content (AvgIpc) is 2.72. The van der Waals surface area contributed by atoms with Gasteiger partial charge in [-0.05, 0) is 19.3 Å². The Bertz CT molecular complexity index is 304. The summed E-state index contributed by atoms with van der Waals surface area (Å²) in [6, 6.07) is 0. The van der Waals surface area contributed by atoms with Crippen LogP contribution in [0.15, 0.2) is 0 Å². The Kier molecular flexibility index (Phi) is 3.67. The number of ether oxygens (including phenoxy) is 2. The molecule has 0 heterocycles. The van der Waals surface area contributed by atoms with Gasteiger partial charge in [0.2, 0.25) is 0 Å². The zero-order valence-electron chi connectivity index (χ0n) is 9.74. The summed E-state index contributed by atoms with van der Waals surface area (Å²) in [5.41, 5.74) is -1.37. The van der Waals surface area contributed by atoms with Crippen LogP contribution in [0.4, 0.5) is 0 Å². The maximum absolute atomic E-state index is 11.7. The van der Waals surface area contributed by atoms with E-state index in [1.165, 1.54) is 21.1 Å². The lowest BCUT2D eigenvalue weighted by Crippen LogP contribution is -2.44. The number of hydrogen-bond acceptors (Lipinski definition) is 5. The predicted molar refractivity (Wildman–Crippen MR) is 54.5 cm³/mol. The molecule has 0 aromatic carbocycles. The molecule has 1 rings (SSSR count). The van der Waals surface area contributed by atoms with Gasteiger partial charge < -0.3 is 9.47 Å². The molecule has 1 aliphatic carbocycles. The molecule has 5 heteroatoms. The Labute approximate surface area is 94.1 Å². The SMILES string of the molecule is COC(=O)C(C)(C(=O)OC)C1CCC(=O)C1. The Hall–Kier alpha value is -1.39. The van der Waals surface area contributed by atoms with Crippen LogP contribution in [-0.4, -0.2) is 31.9 Å². The lowest BCUT2D eigenvalue weighted by Gasteiger charge is -2.29. The summed E-state index contributed by atoms with van der Waals surface area (Å²) in [7, 11) is 2.45. The van der Waals surface area contributed by atoms with Crippen LogP contribution in [-0.2, 0) is 23.9 Å².